The van der Waals surface area contributed by atoms with Crippen LogP contribution in [0.15, 0.2) is 48.7 Å². The number of alkyl halides is 3. The first kappa shape index (κ1) is 21.8. The van der Waals surface area contributed by atoms with Crippen molar-refractivity contribution in [1.29, 1.82) is 0 Å². The number of aromatic nitrogens is 2. The van der Waals surface area contributed by atoms with Gasteiger partial charge in [0.1, 0.15) is 5.82 Å². The van der Waals surface area contributed by atoms with E-state index in [0.29, 0.717) is 10.6 Å². The first-order valence-electron chi connectivity index (χ1n) is 8.32. The summed E-state index contributed by atoms with van der Waals surface area (Å²) in [4.78, 5) is 19.5. The Morgan fingerprint density at radius 3 is 2.40 bits per heavy atom. The molecule has 0 aliphatic rings. The Morgan fingerprint density at radius 1 is 1.07 bits per heavy atom. The lowest BCUT2D eigenvalue weighted by Gasteiger charge is -2.14. The molecular formula is C19H12Cl2F4N4O. The third-order valence-corrected chi connectivity index (χ3v) is 4.39. The summed E-state index contributed by atoms with van der Waals surface area (Å²) in [7, 11) is 0. The molecule has 5 nitrogen and oxygen atoms in total. The van der Waals surface area contributed by atoms with Gasteiger partial charge < -0.3 is 10.6 Å². The Kier molecular flexibility index (Phi) is 6.42. The van der Waals surface area contributed by atoms with Gasteiger partial charge in [0.15, 0.2) is 5.69 Å². The monoisotopic (exact) mass is 458 g/mol. The maximum atomic E-state index is 13.5. The van der Waals surface area contributed by atoms with Crippen LogP contribution in [0.2, 0.25) is 10.0 Å². The van der Waals surface area contributed by atoms with E-state index >= 15 is 0 Å². The molecule has 1 heterocycles. The van der Waals surface area contributed by atoms with E-state index in [0.717, 1.165) is 6.20 Å². The molecule has 0 fully saturated rings. The molecule has 1 aromatic heterocycles. The number of rotatable bonds is 5. The average molecular weight is 459 g/mol. The lowest BCUT2D eigenvalue weighted by molar-refractivity contribution is -0.141. The van der Waals surface area contributed by atoms with Gasteiger partial charge in [-0.2, -0.15) is 13.2 Å². The SMILES string of the molecule is O=C(NCc1ccc(F)cc1)c1cnc(Nc2ccc(Cl)cc2Cl)nc1C(F)(F)F. The number of halogens is 6. The van der Waals surface area contributed by atoms with Gasteiger partial charge in [0.05, 0.1) is 16.3 Å². The van der Waals surface area contributed by atoms with Gasteiger partial charge in [-0.1, -0.05) is 35.3 Å². The van der Waals surface area contributed by atoms with Crippen LogP contribution in [0.4, 0.5) is 29.2 Å². The molecular weight excluding hydrogens is 447 g/mol. The second-order valence-electron chi connectivity index (χ2n) is 6.01. The fraction of sp³-hybridized carbons (Fsp3) is 0.105. The molecule has 156 valence electrons. The minimum Gasteiger partial charge on any atom is -0.348 e. The highest BCUT2D eigenvalue weighted by molar-refractivity contribution is 6.36. The van der Waals surface area contributed by atoms with Crippen LogP contribution >= 0.6 is 23.2 Å². The Hall–Kier alpha value is -2.91. The molecule has 11 heteroatoms. The van der Waals surface area contributed by atoms with Crippen LogP contribution in [-0.4, -0.2) is 15.9 Å². The second kappa shape index (κ2) is 8.85. The van der Waals surface area contributed by atoms with Crippen molar-refractivity contribution in [1.82, 2.24) is 15.3 Å². The van der Waals surface area contributed by atoms with Crippen LogP contribution in [0.1, 0.15) is 21.6 Å². The zero-order chi connectivity index (χ0) is 21.9. The zero-order valence-electron chi connectivity index (χ0n) is 14.9. The predicted molar refractivity (Wildman–Crippen MR) is 104 cm³/mol. The molecule has 0 unspecified atom stereocenters. The number of carbonyl (C=O) groups is 1. The Bertz CT molecular complexity index is 1080. The highest BCUT2D eigenvalue weighted by Crippen LogP contribution is 2.32. The molecule has 0 bridgehead atoms. The largest absolute Gasteiger partial charge is 0.434 e. The summed E-state index contributed by atoms with van der Waals surface area (Å²) in [6.45, 7) is -0.100. The predicted octanol–water partition coefficient (Wildman–Crippen LogP) is 5.61. The van der Waals surface area contributed by atoms with Crippen molar-refractivity contribution >= 4 is 40.7 Å². The Balaban J connectivity index is 1.83. The first-order chi connectivity index (χ1) is 14.1. The molecule has 1 amide bonds. The van der Waals surface area contributed by atoms with Gasteiger partial charge in [-0.05, 0) is 35.9 Å². The maximum absolute atomic E-state index is 13.5. The zero-order valence-corrected chi connectivity index (χ0v) is 16.4. The van der Waals surface area contributed by atoms with Crippen LogP contribution < -0.4 is 10.6 Å². The number of hydrogen-bond acceptors (Lipinski definition) is 4. The molecule has 0 saturated heterocycles. The third kappa shape index (κ3) is 5.37. The smallest absolute Gasteiger partial charge is 0.348 e. The van der Waals surface area contributed by atoms with Crippen LogP contribution in [0.3, 0.4) is 0 Å². The van der Waals surface area contributed by atoms with E-state index < -0.39 is 35.1 Å². The highest BCUT2D eigenvalue weighted by Gasteiger charge is 2.38. The summed E-state index contributed by atoms with van der Waals surface area (Å²) < 4.78 is 53.4. The topological polar surface area (TPSA) is 66.9 Å². The molecule has 0 radical (unpaired) electrons. The summed E-state index contributed by atoms with van der Waals surface area (Å²) in [5.41, 5.74) is -1.42. The van der Waals surface area contributed by atoms with E-state index in [-0.39, 0.29) is 17.3 Å². The van der Waals surface area contributed by atoms with E-state index in [9.17, 15) is 22.4 Å². The molecule has 2 N–H and O–H groups in total. The number of benzene rings is 2. The molecule has 3 rings (SSSR count). The van der Waals surface area contributed by atoms with Crippen molar-refractivity contribution < 1.29 is 22.4 Å². The van der Waals surface area contributed by atoms with Gasteiger partial charge in [-0.3, -0.25) is 4.79 Å². The fourth-order valence-electron chi connectivity index (χ4n) is 2.42. The van der Waals surface area contributed by atoms with Crippen molar-refractivity contribution in [3.05, 3.63) is 81.3 Å². The van der Waals surface area contributed by atoms with Crippen LogP contribution in [0.25, 0.3) is 0 Å². The number of carbonyl (C=O) groups excluding carboxylic acids is 1. The van der Waals surface area contributed by atoms with Crippen LogP contribution in [0.5, 0.6) is 0 Å². The Labute approximate surface area is 178 Å². The minimum atomic E-state index is -4.91. The van der Waals surface area contributed by atoms with Crippen molar-refractivity contribution in [3.63, 3.8) is 0 Å². The van der Waals surface area contributed by atoms with Gasteiger partial charge in [-0.25, -0.2) is 14.4 Å². The lowest BCUT2D eigenvalue weighted by Crippen LogP contribution is -2.27. The molecule has 2 aromatic carbocycles. The maximum Gasteiger partial charge on any atom is 0.434 e. The summed E-state index contributed by atoms with van der Waals surface area (Å²) in [5, 5.41) is 5.39. The van der Waals surface area contributed by atoms with Crippen molar-refractivity contribution in [3.8, 4) is 0 Å². The second-order valence-corrected chi connectivity index (χ2v) is 6.86. The van der Waals surface area contributed by atoms with E-state index in [1.54, 1.807) is 0 Å². The van der Waals surface area contributed by atoms with Gasteiger partial charge in [0.25, 0.3) is 5.91 Å². The number of nitrogens with zero attached hydrogens (tertiary/aromatic N) is 2. The lowest BCUT2D eigenvalue weighted by atomic mass is 10.2. The number of nitrogens with one attached hydrogen (secondary N) is 2. The summed E-state index contributed by atoms with van der Waals surface area (Å²) in [6, 6.07) is 9.48. The first-order valence-corrected chi connectivity index (χ1v) is 9.08. The van der Waals surface area contributed by atoms with Gasteiger partial charge in [0.2, 0.25) is 5.95 Å². The number of hydrogen-bond donors (Lipinski definition) is 2. The summed E-state index contributed by atoms with van der Waals surface area (Å²) in [6.07, 6.45) is -4.15. The van der Waals surface area contributed by atoms with Crippen LogP contribution in [-0.2, 0) is 12.7 Å². The van der Waals surface area contributed by atoms with E-state index in [1.165, 1.54) is 42.5 Å². The summed E-state index contributed by atoms with van der Waals surface area (Å²) >= 11 is 11.8. The highest BCUT2D eigenvalue weighted by atomic mass is 35.5. The molecule has 0 aliphatic carbocycles. The van der Waals surface area contributed by atoms with E-state index in [4.69, 9.17) is 23.2 Å². The van der Waals surface area contributed by atoms with Gasteiger partial charge >= 0.3 is 6.18 Å². The normalized spacial score (nSPS) is 11.3. The van der Waals surface area contributed by atoms with Crippen molar-refractivity contribution in [2.24, 2.45) is 0 Å². The van der Waals surface area contributed by atoms with Crippen molar-refractivity contribution in [2.45, 2.75) is 12.7 Å². The number of amides is 1. The molecule has 0 saturated carbocycles. The van der Waals surface area contributed by atoms with E-state index in [2.05, 4.69) is 20.6 Å². The Morgan fingerprint density at radius 2 is 1.77 bits per heavy atom. The van der Waals surface area contributed by atoms with Crippen LogP contribution in [0, 0.1) is 5.82 Å². The van der Waals surface area contributed by atoms with Gasteiger partial charge in [0, 0.05) is 17.8 Å². The van der Waals surface area contributed by atoms with E-state index in [1.807, 2.05) is 0 Å². The van der Waals surface area contributed by atoms with Crippen molar-refractivity contribution in [2.75, 3.05) is 5.32 Å². The molecule has 30 heavy (non-hydrogen) atoms. The standard InChI is InChI=1S/C19H12Cl2F4N4O/c20-11-3-6-15(14(21)7-11)28-18-27-9-13(16(29-18)19(23,24)25)17(30)26-8-10-1-4-12(22)5-2-10/h1-7,9H,8H2,(H,26,30)(H,27,28,29). The number of anilines is 2. The van der Waals surface area contributed by atoms with Gasteiger partial charge in [-0.15, -0.1) is 0 Å². The fourth-order valence-corrected chi connectivity index (χ4v) is 2.87. The summed E-state index contributed by atoms with van der Waals surface area (Å²) in [5.74, 6) is -1.90. The molecule has 0 spiro atoms. The third-order valence-electron chi connectivity index (χ3n) is 3.85. The molecule has 0 atom stereocenters. The molecule has 3 aromatic rings. The average Bonchev–Trinajstić information content (AvgIpc) is 2.69. The quantitative estimate of drug-likeness (QED) is 0.487. The molecule has 0 aliphatic heterocycles. The minimum absolute atomic E-state index is 0.100.